The standard InChI is InChI=1S/C15H28O6S/c1-2-3-10-21-22(17,18)15(7-8-15)11-13(16)12-20-14-6-4-5-9-19-14/h13-14,16H,2-12H2,1H3/t13-,14?/m0/s1. The largest absolute Gasteiger partial charge is 0.391 e. The van der Waals surface area contributed by atoms with Gasteiger partial charge < -0.3 is 14.6 Å². The highest BCUT2D eigenvalue weighted by Crippen LogP contribution is 2.48. The highest BCUT2D eigenvalue weighted by atomic mass is 32.2. The van der Waals surface area contributed by atoms with Gasteiger partial charge in [-0.15, -0.1) is 0 Å². The molecule has 1 N–H and O–H groups in total. The zero-order valence-corrected chi connectivity index (χ0v) is 14.1. The molecule has 2 aliphatic rings. The Morgan fingerprint density at radius 3 is 2.73 bits per heavy atom. The van der Waals surface area contributed by atoms with Crippen LogP contribution in [0.25, 0.3) is 0 Å². The maximum atomic E-state index is 12.2. The summed E-state index contributed by atoms with van der Waals surface area (Å²) in [7, 11) is -3.61. The first-order valence-electron chi connectivity index (χ1n) is 8.29. The highest BCUT2D eigenvalue weighted by Gasteiger charge is 2.56. The molecule has 0 amide bonds. The molecule has 0 spiro atoms. The SMILES string of the molecule is CCCCOS(=O)(=O)C1(C[C@H](O)COC2CCCCO2)CC1. The summed E-state index contributed by atoms with van der Waals surface area (Å²) in [4.78, 5) is 0. The van der Waals surface area contributed by atoms with E-state index in [0.29, 0.717) is 19.4 Å². The first kappa shape index (κ1) is 18.1. The molecule has 6 nitrogen and oxygen atoms in total. The summed E-state index contributed by atoms with van der Waals surface area (Å²) in [5.41, 5.74) is 0. The van der Waals surface area contributed by atoms with Crippen molar-refractivity contribution in [3.8, 4) is 0 Å². The molecule has 1 heterocycles. The van der Waals surface area contributed by atoms with E-state index in [0.717, 1.165) is 32.1 Å². The topological polar surface area (TPSA) is 82.1 Å². The van der Waals surface area contributed by atoms with E-state index in [9.17, 15) is 13.5 Å². The van der Waals surface area contributed by atoms with Gasteiger partial charge in [0.2, 0.25) is 0 Å². The number of unbranched alkanes of at least 4 members (excludes halogenated alkanes) is 1. The van der Waals surface area contributed by atoms with Crippen molar-refractivity contribution in [1.82, 2.24) is 0 Å². The second-order valence-electron chi connectivity index (χ2n) is 6.30. The molecule has 7 heteroatoms. The van der Waals surface area contributed by atoms with Crippen LogP contribution in [0.2, 0.25) is 0 Å². The van der Waals surface area contributed by atoms with Crippen LogP contribution in [0.1, 0.15) is 58.3 Å². The Bertz CT molecular complexity index is 425. The van der Waals surface area contributed by atoms with E-state index >= 15 is 0 Å². The van der Waals surface area contributed by atoms with Gasteiger partial charge in [-0.1, -0.05) is 13.3 Å². The average molecular weight is 336 g/mol. The summed E-state index contributed by atoms with van der Waals surface area (Å²) in [5.74, 6) is 0. The number of rotatable bonds is 10. The van der Waals surface area contributed by atoms with Crippen LogP contribution in [-0.2, 0) is 23.8 Å². The molecule has 1 aliphatic heterocycles. The molecule has 0 aromatic heterocycles. The van der Waals surface area contributed by atoms with Crippen molar-refractivity contribution in [1.29, 1.82) is 0 Å². The number of hydrogen-bond acceptors (Lipinski definition) is 6. The normalized spacial score (nSPS) is 25.8. The van der Waals surface area contributed by atoms with Crippen LogP contribution < -0.4 is 0 Å². The number of ether oxygens (including phenoxy) is 2. The van der Waals surface area contributed by atoms with Gasteiger partial charge in [-0.25, -0.2) is 0 Å². The van der Waals surface area contributed by atoms with Gasteiger partial charge in [-0.05, 0) is 44.9 Å². The fraction of sp³-hybridized carbons (Fsp3) is 1.00. The lowest BCUT2D eigenvalue weighted by molar-refractivity contribution is -0.175. The smallest absolute Gasteiger partial charge is 0.273 e. The molecule has 130 valence electrons. The van der Waals surface area contributed by atoms with E-state index in [4.69, 9.17) is 13.7 Å². The molecule has 0 radical (unpaired) electrons. The third kappa shape index (κ3) is 4.89. The van der Waals surface area contributed by atoms with E-state index in [1.165, 1.54) is 0 Å². The van der Waals surface area contributed by atoms with Gasteiger partial charge in [0.05, 0.1) is 19.3 Å². The number of aliphatic hydroxyl groups excluding tert-OH is 1. The lowest BCUT2D eigenvalue weighted by Crippen LogP contribution is -2.34. The monoisotopic (exact) mass is 336 g/mol. The highest BCUT2D eigenvalue weighted by molar-refractivity contribution is 7.88. The Morgan fingerprint density at radius 2 is 2.14 bits per heavy atom. The van der Waals surface area contributed by atoms with Crippen LogP contribution in [0, 0.1) is 0 Å². The van der Waals surface area contributed by atoms with E-state index in [2.05, 4.69) is 0 Å². The van der Waals surface area contributed by atoms with Gasteiger partial charge in [0, 0.05) is 6.61 Å². The molecule has 1 saturated heterocycles. The third-order valence-corrected chi connectivity index (χ3v) is 6.41. The quantitative estimate of drug-likeness (QED) is 0.485. The molecule has 1 saturated carbocycles. The van der Waals surface area contributed by atoms with E-state index < -0.39 is 21.0 Å². The molecule has 0 bridgehead atoms. The van der Waals surface area contributed by atoms with Crippen LogP contribution in [-0.4, -0.2) is 50.5 Å². The minimum absolute atomic E-state index is 0.108. The zero-order valence-electron chi connectivity index (χ0n) is 13.3. The van der Waals surface area contributed by atoms with Crippen LogP contribution in [0.15, 0.2) is 0 Å². The van der Waals surface area contributed by atoms with E-state index in [1.807, 2.05) is 6.92 Å². The Morgan fingerprint density at radius 1 is 1.36 bits per heavy atom. The molecule has 2 atom stereocenters. The fourth-order valence-electron chi connectivity index (χ4n) is 2.68. The molecule has 0 aromatic rings. The Hall–Kier alpha value is -0.210. The third-order valence-electron chi connectivity index (χ3n) is 4.29. The fourth-order valence-corrected chi connectivity index (χ4v) is 4.27. The van der Waals surface area contributed by atoms with Gasteiger partial charge in [0.25, 0.3) is 10.1 Å². The molecular weight excluding hydrogens is 308 g/mol. The second kappa shape index (κ2) is 8.06. The maximum absolute atomic E-state index is 12.2. The van der Waals surface area contributed by atoms with Gasteiger partial charge in [0.1, 0.15) is 4.75 Å². The second-order valence-corrected chi connectivity index (χ2v) is 8.31. The van der Waals surface area contributed by atoms with Gasteiger partial charge in [-0.2, -0.15) is 8.42 Å². The summed E-state index contributed by atoms with van der Waals surface area (Å²) >= 11 is 0. The predicted molar refractivity (Wildman–Crippen MR) is 81.9 cm³/mol. The number of hydrogen-bond donors (Lipinski definition) is 1. The van der Waals surface area contributed by atoms with Crippen molar-refractivity contribution < 1.29 is 27.2 Å². The Kier molecular flexibility index (Phi) is 6.64. The van der Waals surface area contributed by atoms with Gasteiger partial charge in [0.15, 0.2) is 6.29 Å². The van der Waals surface area contributed by atoms with Gasteiger partial charge in [-0.3, -0.25) is 4.18 Å². The molecule has 22 heavy (non-hydrogen) atoms. The Labute approximate surface area is 133 Å². The van der Waals surface area contributed by atoms with Crippen LogP contribution >= 0.6 is 0 Å². The van der Waals surface area contributed by atoms with Crippen molar-refractivity contribution in [3.63, 3.8) is 0 Å². The van der Waals surface area contributed by atoms with Gasteiger partial charge >= 0.3 is 0 Å². The molecule has 1 aliphatic carbocycles. The molecule has 2 fully saturated rings. The first-order chi connectivity index (χ1) is 10.5. The van der Waals surface area contributed by atoms with E-state index in [1.54, 1.807) is 0 Å². The number of aliphatic hydroxyl groups is 1. The molecule has 1 unspecified atom stereocenters. The van der Waals surface area contributed by atoms with E-state index in [-0.39, 0.29) is 25.9 Å². The Balaban J connectivity index is 1.75. The average Bonchev–Trinajstić information content (AvgIpc) is 3.28. The van der Waals surface area contributed by atoms with Crippen LogP contribution in [0.5, 0.6) is 0 Å². The summed E-state index contributed by atoms with van der Waals surface area (Å²) in [5, 5.41) is 10.1. The van der Waals surface area contributed by atoms with Crippen molar-refractivity contribution in [2.24, 2.45) is 0 Å². The summed E-state index contributed by atoms with van der Waals surface area (Å²) < 4.78 is 39.6. The van der Waals surface area contributed by atoms with Crippen LogP contribution in [0.3, 0.4) is 0 Å². The van der Waals surface area contributed by atoms with Crippen LogP contribution in [0.4, 0.5) is 0 Å². The first-order valence-corrected chi connectivity index (χ1v) is 9.70. The molecule has 0 aromatic carbocycles. The summed E-state index contributed by atoms with van der Waals surface area (Å²) in [6.07, 6.45) is 4.75. The molecular formula is C15H28O6S. The van der Waals surface area contributed by atoms with Crippen molar-refractivity contribution in [2.75, 3.05) is 19.8 Å². The van der Waals surface area contributed by atoms with Crippen molar-refractivity contribution in [2.45, 2.75) is 75.4 Å². The minimum Gasteiger partial charge on any atom is -0.391 e. The van der Waals surface area contributed by atoms with Crippen molar-refractivity contribution in [3.05, 3.63) is 0 Å². The molecule has 2 rings (SSSR count). The lowest BCUT2D eigenvalue weighted by Gasteiger charge is -2.25. The lowest BCUT2D eigenvalue weighted by atomic mass is 10.2. The minimum atomic E-state index is -3.61. The summed E-state index contributed by atoms with van der Waals surface area (Å²) in [6.45, 7) is 3.00. The maximum Gasteiger partial charge on any atom is 0.273 e. The summed E-state index contributed by atoms with van der Waals surface area (Å²) in [6, 6.07) is 0. The van der Waals surface area contributed by atoms with Crippen molar-refractivity contribution >= 4 is 10.1 Å². The predicted octanol–water partition coefficient (Wildman–Crippen LogP) is 1.96. The zero-order chi connectivity index (χ0) is 16.1.